The van der Waals surface area contributed by atoms with E-state index in [1.165, 1.54) is 16.7 Å². The lowest BCUT2D eigenvalue weighted by atomic mass is 9.80. The Morgan fingerprint density at radius 1 is 1.17 bits per heavy atom. The Kier molecular flexibility index (Phi) is 8.11. The summed E-state index contributed by atoms with van der Waals surface area (Å²) < 4.78 is 0. The third-order valence-electron chi connectivity index (χ3n) is 3.27. The first-order chi connectivity index (χ1) is 8.47. The summed E-state index contributed by atoms with van der Waals surface area (Å²) in [5, 5.41) is 0. The first kappa shape index (κ1) is 16.7. The second kappa shape index (κ2) is 8.74. The summed E-state index contributed by atoms with van der Waals surface area (Å²) in [7, 11) is 0. The van der Waals surface area contributed by atoms with Gasteiger partial charge in [0.05, 0.1) is 0 Å². The van der Waals surface area contributed by atoms with Crippen LogP contribution < -0.4 is 0 Å². The van der Waals surface area contributed by atoms with Gasteiger partial charge in [-0.1, -0.05) is 61.6 Å². The summed E-state index contributed by atoms with van der Waals surface area (Å²) in [6.07, 6.45) is 11.4. The molecule has 0 amide bonds. The van der Waals surface area contributed by atoms with Crippen molar-refractivity contribution in [2.45, 2.75) is 41.0 Å². The Hall–Kier alpha value is -1.30. The molecule has 0 saturated carbocycles. The van der Waals surface area contributed by atoms with Crippen LogP contribution in [-0.2, 0) is 0 Å². The van der Waals surface area contributed by atoms with Crippen molar-refractivity contribution in [3.8, 4) is 0 Å². The van der Waals surface area contributed by atoms with Gasteiger partial charge in [0.1, 0.15) is 0 Å². The standard InChI is InChI=1S/C18H28/c1-8-11-15(6)13-18(16(7)12-9-2)17(10-3)14(4)5/h8-12,16,18H,1,3,13H2,2,4-7H3. The second-order valence-electron chi connectivity index (χ2n) is 5.10. The maximum absolute atomic E-state index is 3.98. The van der Waals surface area contributed by atoms with Gasteiger partial charge in [-0.05, 0) is 51.5 Å². The Bertz CT molecular complexity index is 359. The van der Waals surface area contributed by atoms with Crippen molar-refractivity contribution in [3.63, 3.8) is 0 Å². The Morgan fingerprint density at radius 3 is 2.17 bits per heavy atom. The van der Waals surface area contributed by atoms with E-state index in [1.807, 2.05) is 12.2 Å². The summed E-state index contributed by atoms with van der Waals surface area (Å²) in [5.74, 6) is 1.02. The minimum atomic E-state index is 0.500. The van der Waals surface area contributed by atoms with Crippen molar-refractivity contribution in [2.75, 3.05) is 0 Å². The third-order valence-corrected chi connectivity index (χ3v) is 3.27. The molecule has 0 radical (unpaired) electrons. The fraction of sp³-hybridized carbons (Fsp3) is 0.444. The summed E-state index contributed by atoms with van der Waals surface area (Å²) in [4.78, 5) is 0. The van der Waals surface area contributed by atoms with Gasteiger partial charge in [0, 0.05) is 0 Å². The Balaban J connectivity index is 5.30. The second-order valence-corrected chi connectivity index (χ2v) is 5.10. The van der Waals surface area contributed by atoms with Gasteiger partial charge in [-0.3, -0.25) is 0 Å². The summed E-state index contributed by atoms with van der Waals surface area (Å²) in [5.41, 5.74) is 4.10. The minimum absolute atomic E-state index is 0.500. The van der Waals surface area contributed by atoms with Crippen LogP contribution in [0.15, 0.2) is 60.3 Å². The lowest BCUT2D eigenvalue weighted by molar-refractivity contribution is 0.486. The predicted octanol–water partition coefficient (Wildman–Crippen LogP) is 5.86. The highest BCUT2D eigenvalue weighted by Crippen LogP contribution is 2.31. The van der Waals surface area contributed by atoms with Crippen LogP contribution >= 0.6 is 0 Å². The molecule has 0 aromatic heterocycles. The van der Waals surface area contributed by atoms with Crippen LogP contribution in [0.4, 0.5) is 0 Å². The lowest BCUT2D eigenvalue weighted by Crippen LogP contribution is -2.13. The number of rotatable bonds is 7. The van der Waals surface area contributed by atoms with Crippen LogP contribution in [0.2, 0.25) is 0 Å². The average Bonchev–Trinajstić information content (AvgIpc) is 2.28. The molecule has 0 bridgehead atoms. The van der Waals surface area contributed by atoms with Crippen molar-refractivity contribution >= 4 is 0 Å². The number of hydrogen-bond donors (Lipinski definition) is 0. The van der Waals surface area contributed by atoms with Gasteiger partial charge in [-0.2, -0.15) is 0 Å². The molecular weight excluding hydrogens is 216 g/mol. The van der Waals surface area contributed by atoms with E-state index in [0.717, 1.165) is 6.42 Å². The molecule has 0 aromatic rings. The highest BCUT2D eigenvalue weighted by atomic mass is 14.2. The van der Waals surface area contributed by atoms with E-state index in [-0.39, 0.29) is 0 Å². The number of allylic oxidation sites excluding steroid dienone is 8. The van der Waals surface area contributed by atoms with Crippen molar-refractivity contribution in [1.82, 2.24) is 0 Å². The molecule has 2 unspecified atom stereocenters. The van der Waals surface area contributed by atoms with Gasteiger partial charge < -0.3 is 0 Å². The van der Waals surface area contributed by atoms with Gasteiger partial charge in [0.25, 0.3) is 0 Å². The van der Waals surface area contributed by atoms with Gasteiger partial charge in [-0.25, -0.2) is 0 Å². The highest BCUT2D eigenvalue weighted by molar-refractivity contribution is 5.28. The van der Waals surface area contributed by atoms with E-state index in [0.29, 0.717) is 11.8 Å². The zero-order valence-electron chi connectivity index (χ0n) is 12.7. The molecule has 100 valence electrons. The molecule has 0 aliphatic carbocycles. The molecule has 0 rings (SSSR count). The van der Waals surface area contributed by atoms with Gasteiger partial charge >= 0.3 is 0 Å². The SMILES string of the molecule is C=CC=C(C)CC(C(C=C)=C(C)C)C(C)C=CC. The molecule has 18 heavy (non-hydrogen) atoms. The fourth-order valence-electron chi connectivity index (χ4n) is 2.36. The van der Waals surface area contributed by atoms with Gasteiger partial charge in [0.2, 0.25) is 0 Å². The van der Waals surface area contributed by atoms with E-state index < -0.39 is 0 Å². The minimum Gasteiger partial charge on any atom is -0.0991 e. The molecule has 0 N–H and O–H groups in total. The van der Waals surface area contributed by atoms with Crippen molar-refractivity contribution < 1.29 is 0 Å². The van der Waals surface area contributed by atoms with Crippen LogP contribution in [0.1, 0.15) is 41.0 Å². The summed E-state index contributed by atoms with van der Waals surface area (Å²) >= 11 is 0. The van der Waals surface area contributed by atoms with Gasteiger partial charge in [0.15, 0.2) is 0 Å². The van der Waals surface area contributed by atoms with Crippen LogP contribution in [0.3, 0.4) is 0 Å². The van der Waals surface area contributed by atoms with Crippen LogP contribution in [0.25, 0.3) is 0 Å². The molecule has 0 aliphatic rings. The van der Waals surface area contributed by atoms with E-state index in [4.69, 9.17) is 0 Å². The maximum Gasteiger partial charge on any atom is -0.00653 e. The molecule has 0 saturated heterocycles. The van der Waals surface area contributed by atoms with E-state index in [1.54, 1.807) is 0 Å². The van der Waals surface area contributed by atoms with Crippen molar-refractivity contribution in [3.05, 3.63) is 60.3 Å². The average molecular weight is 244 g/mol. The van der Waals surface area contributed by atoms with Crippen LogP contribution in [0, 0.1) is 11.8 Å². The molecule has 0 heterocycles. The monoisotopic (exact) mass is 244 g/mol. The quantitative estimate of drug-likeness (QED) is 0.388. The van der Waals surface area contributed by atoms with E-state index in [9.17, 15) is 0 Å². The zero-order valence-corrected chi connectivity index (χ0v) is 12.7. The maximum atomic E-state index is 3.98. The number of hydrogen-bond acceptors (Lipinski definition) is 0. The third kappa shape index (κ3) is 5.35. The fourth-order valence-corrected chi connectivity index (χ4v) is 2.36. The summed E-state index contributed by atoms with van der Waals surface area (Å²) in [6.45, 7) is 18.6. The van der Waals surface area contributed by atoms with Crippen LogP contribution in [0.5, 0.6) is 0 Å². The zero-order chi connectivity index (χ0) is 14.1. The van der Waals surface area contributed by atoms with Crippen LogP contribution in [-0.4, -0.2) is 0 Å². The molecular formula is C18H28. The summed E-state index contributed by atoms with van der Waals surface area (Å²) in [6, 6.07) is 0. The smallest absolute Gasteiger partial charge is 0.00653 e. The van der Waals surface area contributed by atoms with E-state index >= 15 is 0 Å². The largest absolute Gasteiger partial charge is 0.0991 e. The molecule has 0 fully saturated rings. The predicted molar refractivity (Wildman–Crippen MR) is 84.6 cm³/mol. The first-order valence-corrected chi connectivity index (χ1v) is 6.68. The molecule has 0 aromatic carbocycles. The van der Waals surface area contributed by atoms with Crippen molar-refractivity contribution in [2.24, 2.45) is 11.8 Å². The molecule has 0 spiro atoms. The highest BCUT2D eigenvalue weighted by Gasteiger charge is 2.19. The normalized spacial score (nSPS) is 15.3. The molecule has 0 aliphatic heterocycles. The molecule has 2 atom stereocenters. The molecule has 0 heteroatoms. The molecule has 0 nitrogen and oxygen atoms in total. The van der Waals surface area contributed by atoms with Crippen molar-refractivity contribution in [1.29, 1.82) is 0 Å². The van der Waals surface area contributed by atoms with E-state index in [2.05, 4.69) is 66.0 Å². The Morgan fingerprint density at radius 2 is 1.78 bits per heavy atom. The first-order valence-electron chi connectivity index (χ1n) is 6.68. The topological polar surface area (TPSA) is 0 Å². The Labute approximate surface area is 113 Å². The van der Waals surface area contributed by atoms with Gasteiger partial charge in [-0.15, -0.1) is 0 Å². The lowest BCUT2D eigenvalue weighted by Gasteiger charge is -2.25.